The van der Waals surface area contributed by atoms with Crippen molar-refractivity contribution in [3.05, 3.63) is 32.7 Å². The lowest BCUT2D eigenvalue weighted by atomic mass is 10.3. The Morgan fingerprint density at radius 1 is 1.37 bits per heavy atom. The lowest BCUT2D eigenvalue weighted by molar-refractivity contribution is 0.834. The van der Waals surface area contributed by atoms with Crippen LogP contribution in [0.1, 0.15) is 24.0 Å². The maximum atomic E-state index is 5.43. The van der Waals surface area contributed by atoms with Crippen molar-refractivity contribution in [2.45, 2.75) is 26.3 Å². The third-order valence-corrected chi connectivity index (χ3v) is 4.44. The summed E-state index contributed by atoms with van der Waals surface area (Å²) in [5.41, 5.74) is 2.57. The smallest absolute Gasteiger partial charge is 0.145 e. The van der Waals surface area contributed by atoms with Crippen LogP contribution in [-0.4, -0.2) is 9.97 Å². The van der Waals surface area contributed by atoms with E-state index in [4.69, 9.17) is 5.84 Å². The molecule has 0 aliphatic rings. The van der Waals surface area contributed by atoms with Gasteiger partial charge in [0.1, 0.15) is 17.5 Å². The second kappa shape index (κ2) is 6.83. The van der Waals surface area contributed by atoms with Crippen LogP contribution < -0.4 is 16.6 Å². The summed E-state index contributed by atoms with van der Waals surface area (Å²) in [6, 6.07) is 3.84. The van der Waals surface area contributed by atoms with Gasteiger partial charge < -0.3 is 10.7 Å². The highest BCUT2D eigenvalue weighted by Gasteiger charge is 2.05. The molecule has 0 aromatic carbocycles. The Morgan fingerprint density at radius 2 is 2.16 bits per heavy atom. The van der Waals surface area contributed by atoms with Gasteiger partial charge in [0.25, 0.3) is 0 Å². The molecule has 102 valence electrons. The normalized spacial score (nSPS) is 10.5. The molecule has 0 atom stereocenters. The fourth-order valence-corrected chi connectivity index (χ4v) is 3.05. The second-order valence-electron chi connectivity index (χ2n) is 3.99. The van der Waals surface area contributed by atoms with Crippen molar-refractivity contribution in [2.75, 3.05) is 10.7 Å². The Hall–Kier alpha value is -1.18. The van der Waals surface area contributed by atoms with Gasteiger partial charge in [-0.3, -0.25) is 0 Å². The molecule has 0 aliphatic heterocycles. The van der Waals surface area contributed by atoms with Crippen molar-refractivity contribution >= 4 is 38.9 Å². The lowest BCUT2D eigenvalue weighted by Crippen LogP contribution is -2.12. The number of hydrazine groups is 1. The molecule has 0 radical (unpaired) electrons. The first-order chi connectivity index (χ1) is 9.22. The first-order valence-corrected chi connectivity index (χ1v) is 7.70. The molecule has 5 nitrogen and oxygen atoms in total. The van der Waals surface area contributed by atoms with Crippen LogP contribution in [0.5, 0.6) is 0 Å². The van der Waals surface area contributed by atoms with Crippen LogP contribution in [-0.2, 0) is 13.0 Å². The summed E-state index contributed by atoms with van der Waals surface area (Å²) >= 11 is 5.21. The zero-order chi connectivity index (χ0) is 13.7. The second-order valence-corrected chi connectivity index (χ2v) is 5.85. The number of nitrogens with zero attached hydrogens (tertiary/aromatic N) is 2. The molecule has 0 saturated heterocycles. The molecule has 2 aromatic heterocycles. The minimum Gasteiger partial charge on any atom is -0.365 e. The van der Waals surface area contributed by atoms with Gasteiger partial charge in [-0.05, 0) is 33.8 Å². The Labute approximate surface area is 124 Å². The van der Waals surface area contributed by atoms with E-state index in [0.717, 1.165) is 35.5 Å². The Balaban J connectivity index is 2.10. The van der Waals surface area contributed by atoms with Crippen LogP contribution in [0.15, 0.2) is 22.0 Å². The molecular weight excluding hydrogens is 326 g/mol. The summed E-state index contributed by atoms with van der Waals surface area (Å²) in [6.45, 7) is 2.83. The number of hydrogen-bond donors (Lipinski definition) is 3. The molecule has 2 rings (SSSR count). The van der Waals surface area contributed by atoms with Gasteiger partial charge in [-0.2, -0.15) is 0 Å². The maximum absolute atomic E-state index is 5.43. The zero-order valence-electron chi connectivity index (χ0n) is 10.6. The van der Waals surface area contributed by atoms with Gasteiger partial charge in [-0.1, -0.05) is 6.92 Å². The number of halogens is 1. The lowest BCUT2D eigenvalue weighted by Gasteiger charge is -2.09. The van der Waals surface area contributed by atoms with Crippen LogP contribution >= 0.6 is 27.3 Å². The Bertz CT molecular complexity index is 543. The fraction of sp³-hybridized carbons (Fsp3) is 0.333. The van der Waals surface area contributed by atoms with Crippen LogP contribution in [0.2, 0.25) is 0 Å². The number of hydrogen-bond acceptors (Lipinski definition) is 6. The number of nitrogens with one attached hydrogen (secondary N) is 2. The van der Waals surface area contributed by atoms with E-state index in [1.165, 1.54) is 4.88 Å². The summed E-state index contributed by atoms with van der Waals surface area (Å²) in [6.07, 6.45) is 1.84. The number of nitrogens with two attached hydrogens (primary N) is 1. The number of nitrogen functional groups attached to an aromatic ring is 1. The number of rotatable bonds is 6. The van der Waals surface area contributed by atoms with Gasteiger partial charge in [-0.15, -0.1) is 11.3 Å². The van der Waals surface area contributed by atoms with Gasteiger partial charge >= 0.3 is 0 Å². The fourth-order valence-electron chi connectivity index (χ4n) is 1.62. The molecular formula is C12H16BrN5S. The summed E-state index contributed by atoms with van der Waals surface area (Å²) in [7, 11) is 0. The average molecular weight is 342 g/mol. The number of aromatic nitrogens is 2. The molecule has 0 spiro atoms. The molecule has 19 heavy (non-hydrogen) atoms. The van der Waals surface area contributed by atoms with E-state index in [1.54, 1.807) is 17.4 Å². The van der Waals surface area contributed by atoms with Crippen molar-refractivity contribution in [3.8, 4) is 0 Å². The first kappa shape index (κ1) is 14.2. The SMILES string of the molecule is CCCc1nc(NN)cc(NCc2sccc2Br)n1. The largest absolute Gasteiger partial charge is 0.365 e. The van der Waals surface area contributed by atoms with Crippen molar-refractivity contribution in [2.24, 2.45) is 5.84 Å². The first-order valence-electron chi connectivity index (χ1n) is 6.03. The van der Waals surface area contributed by atoms with Crippen molar-refractivity contribution in [1.82, 2.24) is 9.97 Å². The summed E-state index contributed by atoms with van der Waals surface area (Å²) in [5.74, 6) is 7.64. The molecule has 2 heterocycles. The third-order valence-electron chi connectivity index (χ3n) is 2.52. The molecule has 0 amide bonds. The standard InChI is InChI=1S/C12H16BrN5S/c1-2-3-10-16-11(6-12(17-10)18-14)15-7-9-8(13)4-5-19-9/h4-6H,2-3,7,14H2,1H3,(H2,15,16,17,18). The van der Waals surface area contributed by atoms with E-state index in [0.29, 0.717) is 5.82 Å². The molecule has 0 saturated carbocycles. The van der Waals surface area contributed by atoms with Gasteiger partial charge in [-0.25, -0.2) is 15.8 Å². The van der Waals surface area contributed by atoms with Crippen molar-refractivity contribution < 1.29 is 0 Å². The molecule has 7 heteroatoms. The van der Waals surface area contributed by atoms with E-state index < -0.39 is 0 Å². The minimum absolute atomic E-state index is 0.631. The van der Waals surface area contributed by atoms with E-state index in [2.05, 4.69) is 48.9 Å². The van der Waals surface area contributed by atoms with E-state index in [1.807, 2.05) is 6.07 Å². The minimum atomic E-state index is 0.631. The highest BCUT2D eigenvalue weighted by molar-refractivity contribution is 9.10. The molecule has 2 aromatic rings. The number of anilines is 2. The summed E-state index contributed by atoms with van der Waals surface area (Å²) in [5, 5.41) is 5.35. The van der Waals surface area contributed by atoms with Crippen LogP contribution in [0.25, 0.3) is 0 Å². The van der Waals surface area contributed by atoms with Gasteiger partial charge in [0.2, 0.25) is 0 Å². The molecule has 0 aliphatic carbocycles. The predicted molar refractivity (Wildman–Crippen MR) is 83.2 cm³/mol. The van der Waals surface area contributed by atoms with Gasteiger partial charge in [0.15, 0.2) is 0 Å². The van der Waals surface area contributed by atoms with Crippen LogP contribution in [0.3, 0.4) is 0 Å². The average Bonchev–Trinajstić information content (AvgIpc) is 2.82. The summed E-state index contributed by atoms with van der Waals surface area (Å²) < 4.78 is 1.12. The monoisotopic (exact) mass is 341 g/mol. The van der Waals surface area contributed by atoms with Crippen molar-refractivity contribution in [3.63, 3.8) is 0 Å². The van der Waals surface area contributed by atoms with Gasteiger partial charge in [0, 0.05) is 21.8 Å². The van der Waals surface area contributed by atoms with Gasteiger partial charge in [0.05, 0.1) is 6.54 Å². The van der Waals surface area contributed by atoms with Crippen molar-refractivity contribution in [1.29, 1.82) is 0 Å². The molecule has 0 unspecified atom stereocenters. The highest BCUT2D eigenvalue weighted by atomic mass is 79.9. The van der Waals surface area contributed by atoms with Crippen LogP contribution in [0.4, 0.5) is 11.6 Å². The van der Waals surface area contributed by atoms with Crippen LogP contribution in [0, 0.1) is 0 Å². The zero-order valence-corrected chi connectivity index (χ0v) is 13.0. The number of thiophene rings is 1. The maximum Gasteiger partial charge on any atom is 0.145 e. The van der Waals surface area contributed by atoms with E-state index >= 15 is 0 Å². The van der Waals surface area contributed by atoms with E-state index in [9.17, 15) is 0 Å². The van der Waals surface area contributed by atoms with E-state index in [-0.39, 0.29) is 0 Å². The molecule has 0 fully saturated rings. The highest BCUT2D eigenvalue weighted by Crippen LogP contribution is 2.23. The Kier molecular flexibility index (Phi) is 5.12. The predicted octanol–water partition coefficient (Wildman–Crippen LogP) is 3.15. The molecule has 0 bridgehead atoms. The quantitative estimate of drug-likeness (QED) is 0.555. The number of aryl methyl sites for hydroxylation is 1. The molecule has 4 N–H and O–H groups in total. The summed E-state index contributed by atoms with van der Waals surface area (Å²) in [4.78, 5) is 10.0. The topological polar surface area (TPSA) is 75.9 Å². The Morgan fingerprint density at radius 3 is 2.79 bits per heavy atom. The third kappa shape index (κ3) is 3.89.